The molecule has 1 heterocycles. The third-order valence-corrected chi connectivity index (χ3v) is 1.85. The van der Waals surface area contributed by atoms with Crippen molar-refractivity contribution in [2.24, 2.45) is 0 Å². The van der Waals surface area contributed by atoms with E-state index in [-0.39, 0.29) is 0 Å². The van der Waals surface area contributed by atoms with E-state index in [1.807, 2.05) is 42.5 Å². The van der Waals surface area contributed by atoms with Gasteiger partial charge in [0.25, 0.3) is 0 Å². The maximum absolute atomic E-state index is 5.17. The molecule has 2 rings (SSSR count). The summed E-state index contributed by atoms with van der Waals surface area (Å²) in [6, 6.07) is 13.7. The lowest BCUT2D eigenvalue weighted by Crippen LogP contribution is -2.20. The van der Waals surface area contributed by atoms with E-state index in [2.05, 4.69) is 10.9 Å². The quantitative estimate of drug-likeness (QED) is 0.723. The van der Waals surface area contributed by atoms with E-state index in [9.17, 15) is 0 Å². The topological polar surface area (TPSA) is 37.2 Å². The first-order valence-corrected chi connectivity index (χ1v) is 4.51. The molecule has 3 heteroatoms. The van der Waals surface area contributed by atoms with Crippen LogP contribution in [0.5, 0.6) is 0 Å². The Labute approximate surface area is 82.7 Å². The molecule has 2 N–H and O–H groups in total. The van der Waals surface area contributed by atoms with Gasteiger partial charge in [0, 0.05) is 5.69 Å². The Morgan fingerprint density at radius 3 is 2.57 bits per heavy atom. The molecule has 1 aromatic carbocycles. The van der Waals surface area contributed by atoms with Crippen LogP contribution in [0.25, 0.3) is 0 Å². The smallest absolute Gasteiger partial charge is 0.119 e. The van der Waals surface area contributed by atoms with Gasteiger partial charge in [0.05, 0.1) is 12.8 Å². The molecule has 0 unspecified atom stereocenters. The van der Waals surface area contributed by atoms with Gasteiger partial charge in [0.15, 0.2) is 0 Å². The number of hydrogen-bond acceptors (Lipinski definition) is 3. The lowest BCUT2D eigenvalue weighted by Gasteiger charge is -2.05. The van der Waals surface area contributed by atoms with Gasteiger partial charge in [-0.15, -0.1) is 0 Å². The molecule has 0 saturated heterocycles. The van der Waals surface area contributed by atoms with E-state index in [4.69, 9.17) is 4.42 Å². The maximum Gasteiger partial charge on any atom is 0.119 e. The first-order chi connectivity index (χ1) is 6.95. The Bertz CT molecular complexity index is 356. The van der Waals surface area contributed by atoms with Gasteiger partial charge >= 0.3 is 0 Å². The van der Waals surface area contributed by atoms with Gasteiger partial charge in [-0.3, -0.25) is 0 Å². The van der Waals surface area contributed by atoms with Crippen LogP contribution in [0.3, 0.4) is 0 Å². The van der Waals surface area contributed by atoms with Gasteiger partial charge in [-0.25, -0.2) is 5.43 Å². The number of benzene rings is 1. The average molecular weight is 188 g/mol. The third-order valence-electron chi connectivity index (χ3n) is 1.85. The van der Waals surface area contributed by atoms with Crippen LogP contribution in [0.4, 0.5) is 5.69 Å². The predicted molar refractivity (Wildman–Crippen MR) is 55.6 cm³/mol. The SMILES string of the molecule is c1ccc(NNCc2ccco2)cc1. The van der Waals surface area contributed by atoms with Crippen molar-refractivity contribution in [1.29, 1.82) is 0 Å². The second-order valence-electron chi connectivity index (χ2n) is 2.92. The number of furan rings is 1. The highest BCUT2D eigenvalue weighted by Gasteiger charge is 1.93. The zero-order chi connectivity index (χ0) is 9.64. The highest BCUT2D eigenvalue weighted by molar-refractivity contribution is 5.41. The average Bonchev–Trinajstić information content (AvgIpc) is 2.72. The van der Waals surface area contributed by atoms with Crippen molar-refractivity contribution in [3.05, 3.63) is 54.5 Å². The van der Waals surface area contributed by atoms with Crippen molar-refractivity contribution < 1.29 is 4.42 Å². The zero-order valence-electron chi connectivity index (χ0n) is 7.73. The predicted octanol–water partition coefficient (Wildman–Crippen LogP) is 2.40. The van der Waals surface area contributed by atoms with Gasteiger partial charge in [-0.2, -0.15) is 0 Å². The molecule has 1 aromatic heterocycles. The fraction of sp³-hybridized carbons (Fsp3) is 0.0909. The van der Waals surface area contributed by atoms with Gasteiger partial charge in [-0.1, -0.05) is 18.2 Å². The van der Waals surface area contributed by atoms with E-state index in [0.717, 1.165) is 11.4 Å². The Morgan fingerprint density at radius 2 is 1.86 bits per heavy atom. The fourth-order valence-electron chi connectivity index (χ4n) is 1.17. The zero-order valence-corrected chi connectivity index (χ0v) is 7.73. The Morgan fingerprint density at radius 1 is 1.00 bits per heavy atom. The number of para-hydroxylation sites is 1. The van der Waals surface area contributed by atoms with E-state index >= 15 is 0 Å². The second kappa shape index (κ2) is 4.48. The molecule has 0 aliphatic rings. The standard InChI is InChI=1S/C11H12N2O/c1-2-5-10(6-3-1)13-12-9-11-7-4-8-14-11/h1-8,12-13H,9H2. The summed E-state index contributed by atoms with van der Waals surface area (Å²) in [5.74, 6) is 0.911. The normalized spacial score (nSPS) is 10.0. The first-order valence-electron chi connectivity index (χ1n) is 4.51. The Balaban J connectivity index is 1.79. The van der Waals surface area contributed by atoms with Crippen molar-refractivity contribution in [2.75, 3.05) is 5.43 Å². The van der Waals surface area contributed by atoms with E-state index in [1.165, 1.54) is 0 Å². The van der Waals surface area contributed by atoms with Crippen LogP contribution in [-0.4, -0.2) is 0 Å². The lowest BCUT2D eigenvalue weighted by molar-refractivity contribution is 0.494. The molecule has 0 saturated carbocycles. The van der Waals surface area contributed by atoms with Crippen molar-refractivity contribution in [3.8, 4) is 0 Å². The summed E-state index contributed by atoms with van der Waals surface area (Å²) in [5, 5.41) is 0. The molecule has 72 valence electrons. The summed E-state index contributed by atoms with van der Waals surface area (Å²) in [5.41, 5.74) is 7.17. The van der Waals surface area contributed by atoms with Crippen LogP contribution in [0.2, 0.25) is 0 Å². The summed E-state index contributed by atoms with van der Waals surface area (Å²) < 4.78 is 5.17. The largest absolute Gasteiger partial charge is 0.468 e. The molecule has 0 radical (unpaired) electrons. The van der Waals surface area contributed by atoms with Crippen LogP contribution in [0, 0.1) is 0 Å². The molecular formula is C11H12N2O. The van der Waals surface area contributed by atoms with Crippen molar-refractivity contribution >= 4 is 5.69 Å². The molecule has 2 aromatic rings. The summed E-state index contributed by atoms with van der Waals surface area (Å²) >= 11 is 0. The van der Waals surface area contributed by atoms with Crippen LogP contribution >= 0.6 is 0 Å². The monoisotopic (exact) mass is 188 g/mol. The summed E-state index contributed by atoms with van der Waals surface area (Å²) in [6.45, 7) is 0.669. The third kappa shape index (κ3) is 2.37. The Kier molecular flexibility index (Phi) is 2.83. The minimum absolute atomic E-state index is 0.669. The van der Waals surface area contributed by atoms with Crippen LogP contribution in [0.15, 0.2) is 53.1 Å². The molecular weight excluding hydrogens is 176 g/mol. The van der Waals surface area contributed by atoms with Crippen LogP contribution in [-0.2, 0) is 6.54 Å². The molecule has 0 spiro atoms. The lowest BCUT2D eigenvalue weighted by atomic mass is 10.3. The van der Waals surface area contributed by atoms with E-state index in [1.54, 1.807) is 6.26 Å². The highest BCUT2D eigenvalue weighted by Crippen LogP contribution is 2.03. The molecule has 3 nitrogen and oxygen atoms in total. The molecule has 0 atom stereocenters. The maximum atomic E-state index is 5.17. The second-order valence-corrected chi connectivity index (χ2v) is 2.92. The van der Waals surface area contributed by atoms with Gasteiger partial charge in [0.2, 0.25) is 0 Å². The molecule has 14 heavy (non-hydrogen) atoms. The first kappa shape index (κ1) is 8.84. The summed E-state index contributed by atoms with van der Waals surface area (Å²) in [7, 11) is 0. The Hall–Kier alpha value is -1.74. The number of anilines is 1. The number of hydrazine groups is 1. The number of rotatable bonds is 4. The van der Waals surface area contributed by atoms with Crippen molar-refractivity contribution in [3.63, 3.8) is 0 Å². The number of hydrogen-bond donors (Lipinski definition) is 2. The van der Waals surface area contributed by atoms with Gasteiger partial charge in [0.1, 0.15) is 5.76 Å². The fourth-order valence-corrected chi connectivity index (χ4v) is 1.17. The van der Waals surface area contributed by atoms with Crippen LogP contribution < -0.4 is 10.9 Å². The van der Waals surface area contributed by atoms with Gasteiger partial charge < -0.3 is 9.84 Å². The van der Waals surface area contributed by atoms with Crippen molar-refractivity contribution in [2.45, 2.75) is 6.54 Å². The minimum atomic E-state index is 0.669. The van der Waals surface area contributed by atoms with E-state index in [0.29, 0.717) is 6.54 Å². The summed E-state index contributed by atoms with van der Waals surface area (Å²) in [6.07, 6.45) is 1.67. The highest BCUT2D eigenvalue weighted by atomic mass is 16.3. The van der Waals surface area contributed by atoms with Crippen LogP contribution in [0.1, 0.15) is 5.76 Å². The molecule has 0 fully saturated rings. The molecule has 0 aliphatic carbocycles. The molecule has 0 aliphatic heterocycles. The minimum Gasteiger partial charge on any atom is -0.468 e. The number of nitrogens with one attached hydrogen (secondary N) is 2. The van der Waals surface area contributed by atoms with E-state index < -0.39 is 0 Å². The molecule has 0 bridgehead atoms. The van der Waals surface area contributed by atoms with Gasteiger partial charge in [-0.05, 0) is 24.3 Å². The summed E-state index contributed by atoms with van der Waals surface area (Å²) in [4.78, 5) is 0. The molecule has 0 amide bonds. The van der Waals surface area contributed by atoms with Crippen molar-refractivity contribution in [1.82, 2.24) is 5.43 Å².